The number of aromatic nitrogens is 2. The van der Waals surface area contributed by atoms with Crippen LogP contribution in [-0.2, 0) is 0 Å². The molecule has 1 aromatic carbocycles. The third kappa shape index (κ3) is 5.57. The van der Waals surface area contributed by atoms with E-state index in [-0.39, 0.29) is 0 Å². The molecule has 4 nitrogen and oxygen atoms in total. The van der Waals surface area contributed by atoms with E-state index in [2.05, 4.69) is 60.9 Å². The highest BCUT2D eigenvalue weighted by Gasteiger charge is 2.06. The zero-order valence-corrected chi connectivity index (χ0v) is 17.4. The third-order valence-electron chi connectivity index (χ3n) is 5.19. The van der Waals surface area contributed by atoms with Gasteiger partial charge in [0, 0.05) is 23.9 Å². The molecule has 0 atom stereocenters. The van der Waals surface area contributed by atoms with E-state index in [0.29, 0.717) is 0 Å². The zero-order valence-electron chi connectivity index (χ0n) is 17.4. The third-order valence-corrected chi connectivity index (χ3v) is 5.19. The molecule has 4 heteroatoms. The normalized spacial score (nSPS) is 11.2. The molecule has 150 valence electrons. The van der Waals surface area contributed by atoms with Crippen LogP contribution in [0.15, 0.2) is 36.4 Å². The lowest BCUT2D eigenvalue weighted by Crippen LogP contribution is -2.04. The van der Waals surface area contributed by atoms with Crippen LogP contribution in [-0.4, -0.2) is 23.1 Å². The molecular weight excluding hydrogens is 344 g/mol. The van der Waals surface area contributed by atoms with Gasteiger partial charge in [0.15, 0.2) is 0 Å². The van der Waals surface area contributed by atoms with Crippen molar-refractivity contribution >= 4 is 33.4 Å². The van der Waals surface area contributed by atoms with Gasteiger partial charge in [-0.2, -0.15) is 0 Å². The number of anilines is 2. The number of nitrogens with one attached hydrogen (secondary N) is 2. The first-order chi connectivity index (χ1) is 13.8. The minimum Gasteiger partial charge on any atom is -0.370 e. The summed E-state index contributed by atoms with van der Waals surface area (Å²) in [5.41, 5.74) is 1.95. The van der Waals surface area contributed by atoms with E-state index in [1.807, 2.05) is 0 Å². The fraction of sp³-hybridized carbons (Fsp3) is 0.500. The second-order valence-electron chi connectivity index (χ2n) is 7.58. The van der Waals surface area contributed by atoms with Crippen LogP contribution in [0.3, 0.4) is 0 Å². The highest BCUT2D eigenvalue weighted by Crippen LogP contribution is 2.25. The molecule has 0 radical (unpaired) electrons. The Bertz CT molecular complexity index is 802. The van der Waals surface area contributed by atoms with Crippen molar-refractivity contribution in [2.45, 2.75) is 65.2 Å². The summed E-state index contributed by atoms with van der Waals surface area (Å²) in [6, 6.07) is 12.7. The first kappa shape index (κ1) is 20.4. The number of benzene rings is 1. The Morgan fingerprint density at radius 3 is 1.43 bits per heavy atom. The molecule has 0 amide bonds. The van der Waals surface area contributed by atoms with Crippen molar-refractivity contribution in [1.82, 2.24) is 9.97 Å². The van der Waals surface area contributed by atoms with Crippen LogP contribution in [0, 0.1) is 0 Å². The average Bonchev–Trinajstić information content (AvgIpc) is 2.73. The van der Waals surface area contributed by atoms with Gasteiger partial charge >= 0.3 is 0 Å². The Balaban J connectivity index is 1.74. The van der Waals surface area contributed by atoms with E-state index in [9.17, 15) is 0 Å². The smallest absolute Gasteiger partial charge is 0.126 e. The number of fused-ring (bicyclic) bond motifs is 3. The highest BCUT2D eigenvalue weighted by atomic mass is 15.0. The zero-order chi connectivity index (χ0) is 19.6. The molecule has 0 aliphatic carbocycles. The number of hydrogen-bond donors (Lipinski definition) is 2. The van der Waals surface area contributed by atoms with Gasteiger partial charge in [-0.3, -0.25) is 0 Å². The van der Waals surface area contributed by atoms with E-state index in [1.54, 1.807) is 0 Å². The second-order valence-corrected chi connectivity index (χ2v) is 7.58. The maximum Gasteiger partial charge on any atom is 0.126 e. The van der Waals surface area contributed by atoms with Crippen LogP contribution >= 0.6 is 0 Å². The Hall–Kier alpha value is -2.36. The summed E-state index contributed by atoms with van der Waals surface area (Å²) >= 11 is 0. The van der Waals surface area contributed by atoms with E-state index in [4.69, 9.17) is 9.97 Å². The molecule has 2 heterocycles. The van der Waals surface area contributed by atoms with Crippen molar-refractivity contribution in [2.24, 2.45) is 0 Å². The Morgan fingerprint density at radius 2 is 1.00 bits per heavy atom. The van der Waals surface area contributed by atoms with Crippen molar-refractivity contribution in [1.29, 1.82) is 0 Å². The van der Waals surface area contributed by atoms with Gasteiger partial charge in [-0.15, -0.1) is 0 Å². The summed E-state index contributed by atoms with van der Waals surface area (Å²) in [5, 5.41) is 9.22. The minimum absolute atomic E-state index is 0.941. The SMILES string of the molecule is CCCCCCNc1ccc2ccc3ccc(NCCCCCC)nc3c2n1. The van der Waals surface area contributed by atoms with Crippen molar-refractivity contribution < 1.29 is 0 Å². The van der Waals surface area contributed by atoms with E-state index >= 15 is 0 Å². The number of pyridine rings is 2. The van der Waals surface area contributed by atoms with Crippen LogP contribution in [0.4, 0.5) is 11.6 Å². The summed E-state index contributed by atoms with van der Waals surface area (Å²) in [6.07, 6.45) is 10.1. The topological polar surface area (TPSA) is 49.8 Å². The van der Waals surface area contributed by atoms with E-state index in [0.717, 1.165) is 46.5 Å². The molecule has 0 saturated carbocycles. The average molecular weight is 379 g/mol. The second kappa shape index (κ2) is 10.8. The van der Waals surface area contributed by atoms with Gasteiger partial charge in [0.25, 0.3) is 0 Å². The molecule has 0 saturated heterocycles. The molecular formula is C24H34N4. The number of nitrogens with zero attached hydrogens (tertiary/aromatic N) is 2. The lowest BCUT2D eigenvalue weighted by molar-refractivity contribution is 0.684. The maximum atomic E-state index is 4.88. The van der Waals surface area contributed by atoms with Gasteiger partial charge in [-0.1, -0.05) is 64.5 Å². The molecule has 0 fully saturated rings. The number of rotatable bonds is 12. The van der Waals surface area contributed by atoms with Gasteiger partial charge in [0.1, 0.15) is 11.6 Å². The summed E-state index contributed by atoms with van der Waals surface area (Å²) in [6.45, 7) is 6.43. The molecule has 3 rings (SSSR count). The highest BCUT2D eigenvalue weighted by molar-refractivity contribution is 6.03. The summed E-state index contributed by atoms with van der Waals surface area (Å²) < 4.78 is 0. The molecule has 0 aliphatic heterocycles. The minimum atomic E-state index is 0.941. The Labute approximate surface area is 169 Å². The molecule has 2 aromatic heterocycles. The summed E-state index contributed by atoms with van der Waals surface area (Å²) in [4.78, 5) is 9.76. The Kier molecular flexibility index (Phi) is 7.89. The van der Waals surface area contributed by atoms with E-state index in [1.165, 1.54) is 51.4 Å². The lowest BCUT2D eigenvalue weighted by atomic mass is 10.1. The summed E-state index contributed by atoms with van der Waals surface area (Å²) in [7, 11) is 0. The molecule has 0 aliphatic rings. The maximum absolute atomic E-state index is 4.88. The standard InChI is InChI=1S/C24H34N4/c1-3-5-7-9-17-25-21-15-13-19-11-12-20-14-16-22(26-18-10-8-6-4-2)28-24(20)23(19)27-21/h11-16H,3-10,17-18H2,1-2H3,(H,25,27)(H,26,28). The first-order valence-corrected chi connectivity index (χ1v) is 11.0. The first-order valence-electron chi connectivity index (χ1n) is 11.0. The van der Waals surface area contributed by atoms with Gasteiger partial charge in [0.05, 0.1) is 11.0 Å². The molecule has 0 spiro atoms. The van der Waals surface area contributed by atoms with Crippen molar-refractivity contribution in [3.05, 3.63) is 36.4 Å². The molecule has 0 bridgehead atoms. The fourth-order valence-corrected chi connectivity index (χ4v) is 3.50. The molecule has 0 unspecified atom stereocenters. The van der Waals surface area contributed by atoms with Crippen molar-refractivity contribution in [3.63, 3.8) is 0 Å². The predicted octanol–water partition coefficient (Wildman–Crippen LogP) is 6.77. The van der Waals surface area contributed by atoms with Gasteiger partial charge in [-0.05, 0) is 37.1 Å². The van der Waals surface area contributed by atoms with Crippen molar-refractivity contribution in [3.8, 4) is 0 Å². The Morgan fingerprint density at radius 1 is 0.571 bits per heavy atom. The van der Waals surface area contributed by atoms with Crippen LogP contribution in [0.5, 0.6) is 0 Å². The van der Waals surface area contributed by atoms with Crippen LogP contribution in [0.1, 0.15) is 65.2 Å². The van der Waals surface area contributed by atoms with Gasteiger partial charge < -0.3 is 10.6 Å². The largest absolute Gasteiger partial charge is 0.370 e. The summed E-state index contributed by atoms with van der Waals surface area (Å²) in [5.74, 6) is 1.88. The lowest BCUT2D eigenvalue weighted by Gasteiger charge is -2.10. The molecule has 28 heavy (non-hydrogen) atoms. The monoisotopic (exact) mass is 378 g/mol. The van der Waals surface area contributed by atoms with Crippen LogP contribution < -0.4 is 10.6 Å². The molecule has 2 N–H and O–H groups in total. The quantitative estimate of drug-likeness (QED) is 0.270. The number of unbranched alkanes of at least 4 members (excludes halogenated alkanes) is 6. The van der Waals surface area contributed by atoms with Crippen LogP contribution in [0.25, 0.3) is 21.8 Å². The van der Waals surface area contributed by atoms with Crippen LogP contribution in [0.2, 0.25) is 0 Å². The fourth-order valence-electron chi connectivity index (χ4n) is 3.50. The molecule has 3 aromatic rings. The van der Waals surface area contributed by atoms with E-state index < -0.39 is 0 Å². The van der Waals surface area contributed by atoms with Gasteiger partial charge in [-0.25, -0.2) is 9.97 Å². The number of hydrogen-bond acceptors (Lipinski definition) is 4. The predicted molar refractivity (Wildman–Crippen MR) is 122 cm³/mol. The van der Waals surface area contributed by atoms with Crippen molar-refractivity contribution in [2.75, 3.05) is 23.7 Å². The van der Waals surface area contributed by atoms with Gasteiger partial charge in [0.2, 0.25) is 0 Å².